The predicted molar refractivity (Wildman–Crippen MR) is 222 cm³/mol. The van der Waals surface area contributed by atoms with E-state index in [9.17, 15) is 9.90 Å². The number of ketones is 1. The fourth-order valence-corrected chi connectivity index (χ4v) is 7.87. The molecule has 6 aromatic rings. The number of hydrogen-bond acceptors (Lipinski definition) is 6. The van der Waals surface area contributed by atoms with Gasteiger partial charge >= 0.3 is 0 Å². The van der Waals surface area contributed by atoms with E-state index >= 15 is 0 Å². The molecule has 285 valence electrons. The number of thiophene rings is 1. The van der Waals surface area contributed by atoms with Crippen LogP contribution in [0, 0.1) is 29.7 Å². The number of fused-ring (bicyclic) bond motifs is 5. The Labute approximate surface area is 334 Å². The Morgan fingerprint density at radius 1 is 0.906 bits per heavy atom. The van der Waals surface area contributed by atoms with E-state index in [2.05, 4.69) is 95.1 Å². The summed E-state index contributed by atoms with van der Waals surface area (Å²) in [5, 5.41) is 15.9. The van der Waals surface area contributed by atoms with Crippen LogP contribution in [0.25, 0.3) is 53.3 Å². The maximum atomic E-state index is 12.2. The molecule has 3 aromatic carbocycles. The number of carbonyl (C=O) groups is 1. The van der Waals surface area contributed by atoms with Gasteiger partial charge in [0.05, 0.1) is 0 Å². The summed E-state index contributed by atoms with van der Waals surface area (Å²) in [6.45, 7) is 25.5. The normalized spacial score (nSPS) is 12.8. The van der Waals surface area contributed by atoms with Crippen LogP contribution in [0.4, 0.5) is 0 Å². The second-order valence-corrected chi connectivity index (χ2v) is 17.4. The first-order valence-corrected chi connectivity index (χ1v) is 19.8. The Balaban J connectivity index is 0.000000299. The molecular weight excluding hydrogens is 853 g/mol. The summed E-state index contributed by atoms with van der Waals surface area (Å²) in [6, 6.07) is 18.9. The van der Waals surface area contributed by atoms with Gasteiger partial charge < -0.3 is 9.52 Å². The van der Waals surface area contributed by atoms with E-state index in [0.29, 0.717) is 5.92 Å². The molecule has 7 heteroatoms. The van der Waals surface area contributed by atoms with E-state index in [1.165, 1.54) is 32.7 Å². The molecular formula is C46H57IrN2O3S-. The van der Waals surface area contributed by atoms with Crippen LogP contribution in [0.1, 0.15) is 119 Å². The summed E-state index contributed by atoms with van der Waals surface area (Å²) in [5.74, 6) is 1.93. The number of allylic oxidation sites excluding steroid dienone is 2. The fraction of sp³-hybridized carbons (Fsp3) is 0.457. The molecule has 0 unspecified atom stereocenters. The summed E-state index contributed by atoms with van der Waals surface area (Å²) in [5.41, 5.74) is 4.83. The molecule has 0 spiro atoms. The molecule has 0 atom stereocenters. The molecule has 1 N–H and O–H groups in total. The van der Waals surface area contributed by atoms with Gasteiger partial charge in [0.15, 0.2) is 5.78 Å². The smallest absolute Gasteiger partial charge is 0.164 e. The van der Waals surface area contributed by atoms with Crippen LogP contribution in [0.15, 0.2) is 65.0 Å². The Hall–Kier alpha value is -3.38. The van der Waals surface area contributed by atoms with Crippen molar-refractivity contribution in [2.45, 2.75) is 121 Å². The van der Waals surface area contributed by atoms with Crippen LogP contribution in [-0.4, -0.2) is 20.9 Å². The van der Waals surface area contributed by atoms with Crippen LogP contribution >= 0.6 is 11.3 Å². The number of benzene rings is 3. The number of aliphatic hydroxyl groups excluding tert-OH is 1. The van der Waals surface area contributed by atoms with Gasteiger partial charge in [0.25, 0.3) is 0 Å². The Morgan fingerprint density at radius 2 is 1.55 bits per heavy atom. The monoisotopic (exact) mass is 910 g/mol. The van der Waals surface area contributed by atoms with Gasteiger partial charge in [-0.25, -0.2) is 4.98 Å². The van der Waals surface area contributed by atoms with Crippen LogP contribution in [0.3, 0.4) is 0 Å². The van der Waals surface area contributed by atoms with Crippen LogP contribution in [0.2, 0.25) is 0 Å². The van der Waals surface area contributed by atoms with Crippen LogP contribution < -0.4 is 0 Å². The van der Waals surface area contributed by atoms with Crippen molar-refractivity contribution in [3.05, 3.63) is 83.6 Å². The van der Waals surface area contributed by atoms with Crippen LogP contribution in [-0.2, 0) is 36.7 Å². The van der Waals surface area contributed by atoms with Crippen molar-refractivity contribution in [2.24, 2.45) is 16.7 Å². The zero-order chi connectivity index (χ0) is 38.2. The van der Waals surface area contributed by atoms with Crippen molar-refractivity contribution in [1.29, 1.82) is 0 Å². The predicted octanol–water partition coefficient (Wildman–Crippen LogP) is 13.7. The van der Waals surface area contributed by atoms with E-state index < -0.39 is 0 Å². The SMILES string of the molecule is CCC(C)(CC)C(=O)/C=C(\O)C(C)(CC)CC.Cc1c(CC(C)C)oc2cc3c(cc12)sc1ncnc(-c2[c-]c4ccccc4c(C(C)(C)C)c2)c13.[Ir]. The van der Waals surface area contributed by atoms with Crippen molar-refractivity contribution in [3.63, 3.8) is 0 Å². The molecule has 0 bridgehead atoms. The zero-order valence-corrected chi connectivity index (χ0v) is 36.9. The minimum atomic E-state index is -0.337. The molecule has 0 aliphatic rings. The maximum absolute atomic E-state index is 12.2. The number of hydrogen-bond donors (Lipinski definition) is 1. The minimum Gasteiger partial charge on any atom is -0.512 e. The van der Waals surface area contributed by atoms with Crippen molar-refractivity contribution in [3.8, 4) is 11.3 Å². The summed E-state index contributed by atoms with van der Waals surface area (Å²) in [4.78, 5) is 22.6. The molecule has 0 amide bonds. The first kappa shape index (κ1) is 42.4. The molecule has 1 radical (unpaired) electrons. The number of aliphatic hydroxyl groups is 1. The van der Waals surface area contributed by atoms with E-state index in [-0.39, 0.29) is 47.9 Å². The summed E-state index contributed by atoms with van der Waals surface area (Å²) >= 11 is 1.72. The summed E-state index contributed by atoms with van der Waals surface area (Å²) in [6.07, 6.45) is 7.39. The number of furan rings is 1. The maximum Gasteiger partial charge on any atom is 0.164 e. The van der Waals surface area contributed by atoms with Gasteiger partial charge in [0.2, 0.25) is 0 Å². The third-order valence-electron chi connectivity index (χ3n) is 11.5. The molecule has 5 nitrogen and oxygen atoms in total. The third kappa shape index (κ3) is 8.48. The third-order valence-corrected chi connectivity index (χ3v) is 12.5. The standard InChI is InChI=1S/C31H29N2OS.C15H28O2.Ir/c1-17(2)11-25-18(3)22-15-27-23(14-26(22)34-25)28-29(32-16-33-30(28)35-27)20-12-19-9-7-8-10-21(19)24(13-20)31(4,5)6;1-7-14(5,8-2)12(16)11-13(17)15(6,9-3)10-4;/h7-10,13-17H,11H2,1-6H3;11,16H,7-10H2,1-6H3;/q-1;;/b;12-11-;. The van der Waals surface area contributed by atoms with E-state index in [4.69, 9.17) is 9.40 Å². The molecule has 0 saturated heterocycles. The van der Waals surface area contributed by atoms with Crippen molar-refractivity contribution < 1.29 is 34.4 Å². The quantitative estimate of drug-likeness (QED) is 0.0842. The second kappa shape index (κ2) is 16.5. The van der Waals surface area contributed by atoms with Gasteiger partial charge in [0, 0.05) is 70.0 Å². The van der Waals surface area contributed by atoms with Gasteiger partial charge in [-0.15, -0.1) is 40.5 Å². The number of aryl methyl sites for hydroxylation is 1. The van der Waals surface area contributed by atoms with Gasteiger partial charge in [-0.3, -0.25) is 9.78 Å². The van der Waals surface area contributed by atoms with Gasteiger partial charge in [-0.05, 0) is 61.6 Å². The van der Waals surface area contributed by atoms with E-state index in [1.807, 2.05) is 41.5 Å². The van der Waals surface area contributed by atoms with E-state index in [0.717, 1.165) is 75.7 Å². The molecule has 53 heavy (non-hydrogen) atoms. The first-order valence-electron chi connectivity index (χ1n) is 19.0. The van der Waals surface area contributed by atoms with E-state index in [1.54, 1.807) is 17.7 Å². The summed E-state index contributed by atoms with van der Waals surface area (Å²) < 4.78 is 7.57. The van der Waals surface area contributed by atoms with Crippen molar-refractivity contribution in [1.82, 2.24) is 9.97 Å². The Bertz CT molecular complexity index is 2260. The second-order valence-electron chi connectivity index (χ2n) is 16.4. The number of aromatic nitrogens is 2. The average molecular weight is 910 g/mol. The molecule has 0 fully saturated rings. The van der Waals surface area contributed by atoms with Gasteiger partial charge in [-0.2, -0.15) is 0 Å². The topological polar surface area (TPSA) is 76.2 Å². The Kier molecular flexibility index (Phi) is 13.2. The van der Waals surface area contributed by atoms with Crippen molar-refractivity contribution in [2.75, 3.05) is 0 Å². The number of nitrogens with zero attached hydrogens (tertiary/aromatic N) is 2. The number of rotatable bonds is 10. The largest absolute Gasteiger partial charge is 0.512 e. The average Bonchev–Trinajstić information content (AvgIpc) is 3.64. The molecule has 6 rings (SSSR count). The fourth-order valence-electron chi connectivity index (χ4n) is 6.80. The molecule has 0 aliphatic heterocycles. The molecule has 0 saturated carbocycles. The van der Waals surface area contributed by atoms with Crippen LogP contribution in [0.5, 0.6) is 0 Å². The Morgan fingerprint density at radius 3 is 2.15 bits per heavy atom. The van der Waals surface area contributed by atoms with Gasteiger partial charge in [0.1, 0.15) is 28.3 Å². The van der Waals surface area contributed by atoms with Crippen molar-refractivity contribution >= 4 is 59.2 Å². The molecule has 3 aromatic heterocycles. The zero-order valence-electron chi connectivity index (χ0n) is 33.7. The first-order chi connectivity index (χ1) is 24.5. The molecule has 0 aliphatic carbocycles. The minimum absolute atomic E-state index is 0. The summed E-state index contributed by atoms with van der Waals surface area (Å²) in [7, 11) is 0. The number of carbonyl (C=O) groups excluding carboxylic acids is 1. The van der Waals surface area contributed by atoms with Gasteiger partial charge in [-0.1, -0.05) is 105 Å². The molecule has 3 heterocycles.